The van der Waals surface area contributed by atoms with E-state index in [0.29, 0.717) is 16.3 Å². The van der Waals surface area contributed by atoms with Crippen molar-refractivity contribution < 1.29 is 13.0 Å². The molecular weight excluding hydrogens is 312 g/mol. The van der Waals surface area contributed by atoms with E-state index in [-0.39, 0.29) is 0 Å². The first-order valence-corrected chi connectivity index (χ1v) is 7.96. The van der Waals surface area contributed by atoms with Gasteiger partial charge in [0.1, 0.15) is 0 Å². The van der Waals surface area contributed by atoms with Crippen LogP contribution in [0.3, 0.4) is 0 Å². The number of benzene rings is 2. The fraction of sp³-hybridized carbons (Fsp3) is 0.143. The third-order valence-electron chi connectivity index (χ3n) is 2.54. The highest BCUT2D eigenvalue weighted by atomic mass is 35.5. The minimum atomic E-state index is -4.28. The molecule has 0 aliphatic rings. The minimum Gasteiger partial charge on any atom is -0.363 e. The van der Waals surface area contributed by atoms with Crippen LogP contribution in [0.15, 0.2) is 54.6 Å². The lowest BCUT2D eigenvalue weighted by Crippen LogP contribution is -2.20. The molecule has 2 rings (SSSR count). The fourth-order valence-electron chi connectivity index (χ4n) is 1.65. The molecule has 0 radical (unpaired) electrons. The molecule has 0 heterocycles. The van der Waals surface area contributed by atoms with Crippen molar-refractivity contribution in [1.82, 2.24) is 0 Å². The number of hydrogen-bond donors (Lipinski definition) is 3. The summed E-state index contributed by atoms with van der Waals surface area (Å²) in [6, 6.07) is 15.0. The normalized spacial score (nSPS) is 12.0. The van der Waals surface area contributed by atoms with Gasteiger partial charge >= 0.3 is 0 Å². The van der Waals surface area contributed by atoms with Crippen LogP contribution < -0.4 is 11.1 Å². The monoisotopic (exact) mass is 328 g/mol. The first kappa shape index (κ1) is 17.5. The summed E-state index contributed by atoms with van der Waals surface area (Å²) in [5.74, 6) is 0. The first-order chi connectivity index (χ1) is 9.97. The predicted molar refractivity (Wildman–Crippen MR) is 85.9 cm³/mol. The SMILES string of the molecule is CN.O=S(=O)(O)C(Nc1ccccc1)c1ccc(Cl)cc1. The highest BCUT2D eigenvalue weighted by molar-refractivity contribution is 7.86. The summed E-state index contributed by atoms with van der Waals surface area (Å²) >= 11 is 5.76. The third kappa shape index (κ3) is 5.35. The maximum Gasteiger partial charge on any atom is 0.290 e. The Hall–Kier alpha value is -1.60. The van der Waals surface area contributed by atoms with Crippen molar-refractivity contribution in [1.29, 1.82) is 0 Å². The van der Waals surface area contributed by atoms with Crippen molar-refractivity contribution in [2.45, 2.75) is 5.37 Å². The second-order valence-electron chi connectivity index (χ2n) is 3.96. The average molecular weight is 329 g/mol. The Morgan fingerprint density at radius 3 is 2.05 bits per heavy atom. The van der Waals surface area contributed by atoms with Crippen molar-refractivity contribution in [3.8, 4) is 0 Å². The molecule has 1 atom stereocenters. The molecule has 7 heteroatoms. The zero-order valence-corrected chi connectivity index (χ0v) is 13.0. The highest BCUT2D eigenvalue weighted by Gasteiger charge is 2.24. The summed E-state index contributed by atoms with van der Waals surface area (Å²) in [5, 5.41) is 2.04. The van der Waals surface area contributed by atoms with E-state index in [1.165, 1.54) is 7.05 Å². The zero-order valence-electron chi connectivity index (χ0n) is 11.4. The van der Waals surface area contributed by atoms with Crippen LogP contribution in [0, 0.1) is 0 Å². The van der Waals surface area contributed by atoms with E-state index in [1.54, 1.807) is 48.5 Å². The molecule has 0 aliphatic heterocycles. The van der Waals surface area contributed by atoms with Crippen LogP contribution in [0.1, 0.15) is 10.9 Å². The Morgan fingerprint density at radius 2 is 1.57 bits per heavy atom. The predicted octanol–water partition coefficient (Wildman–Crippen LogP) is 2.91. The largest absolute Gasteiger partial charge is 0.363 e. The molecule has 0 aliphatic carbocycles. The molecule has 0 aromatic heterocycles. The van der Waals surface area contributed by atoms with E-state index in [0.717, 1.165) is 0 Å². The molecular formula is C14H17ClN2O3S. The van der Waals surface area contributed by atoms with Crippen LogP contribution in [-0.2, 0) is 10.1 Å². The molecule has 5 nitrogen and oxygen atoms in total. The summed E-state index contributed by atoms with van der Waals surface area (Å²) in [5.41, 5.74) is 5.51. The summed E-state index contributed by atoms with van der Waals surface area (Å²) in [6.45, 7) is 0. The van der Waals surface area contributed by atoms with Crippen LogP contribution in [0.4, 0.5) is 5.69 Å². The molecule has 0 saturated heterocycles. The molecule has 1 unspecified atom stereocenters. The minimum absolute atomic E-state index is 0.413. The molecule has 114 valence electrons. The van der Waals surface area contributed by atoms with Crippen molar-refractivity contribution in [3.63, 3.8) is 0 Å². The van der Waals surface area contributed by atoms with Gasteiger partial charge in [-0.25, -0.2) is 0 Å². The van der Waals surface area contributed by atoms with Gasteiger partial charge in [0.2, 0.25) is 0 Å². The Morgan fingerprint density at radius 1 is 1.05 bits per heavy atom. The standard InChI is InChI=1S/C13H12ClNO3S.CH5N/c14-11-8-6-10(7-9-11)13(19(16,17)18)15-12-4-2-1-3-5-12;1-2/h1-9,13,15H,(H,16,17,18);2H2,1H3. The maximum absolute atomic E-state index is 11.5. The third-order valence-corrected chi connectivity index (χ3v) is 3.78. The summed E-state index contributed by atoms with van der Waals surface area (Å²) in [4.78, 5) is 0. The molecule has 0 fully saturated rings. The van der Waals surface area contributed by atoms with Gasteiger partial charge in [-0.3, -0.25) is 4.55 Å². The Kier molecular flexibility index (Phi) is 6.64. The van der Waals surface area contributed by atoms with Crippen LogP contribution in [0.5, 0.6) is 0 Å². The second kappa shape index (κ2) is 7.99. The van der Waals surface area contributed by atoms with Crippen LogP contribution in [0.25, 0.3) is 0 Å². The molecule has 0 bridgehead atoms. The lowest BCUT2D eigenvalue weighted by molar-refractivity contribution is 0.473. The summed E-state index contributed by atoms with van der Waals surface area (Å²) in [6.07, 6.45) is 0. The van der Waals surface area contributed by atoms with E-state index in [1.807, 2.05) is 6.07 Å². The van der Waals surface area contributed by atoms with Crippen LogP contribution in [0.2, 0.25) is 5.02 Å². The van der Waals surface area contributed by atoms with Gasteiger partial charge in [0.25, 0.3) is 10.1 Å². The van der Waals surface area contributed by atoms with Crippen molar-refractivity contribution >= 4 is 27.4 Å². The van der Waals surface area contributed by atoms with Crippen LogP contribution in [-0.4, -0.2) is 20.0 Å². The van der Waals surface area contributed by atoms with E-state index in [4.69, 9.17) is 11.6 Å². The van der Waals surface area contributed by atoms with Gasteiger partial charge in [-0.1, -0.05) is 41.9 Å². The number of nitrogens with one attached hydrogen (secondary N) is 1. The van der Waals surface area contributed by atoms with E-state index >= 15 is 0 Å². The van der Waals surface area contributed by atoms with E-state index < -0.39 is 15.5 Å². The zero-order chi connectivity index (χ0) is 15.9. The number of hydrogen-bond acceptors (Lipinski definition) is 4. The molecule has 0 saturated carbocycles. The molecule has 0 amide bonds. The van der Waals surface area contributed by atoms with Crippen molar-refractivity contribution in [2.24, 2.45) is 5.73 Å². The van der Waals surface area contributed by atoms with Gasteiger partial charge in [0.05, 0.1) is 0 Å². The van der Waals surface area contributed by atoms with E-state index in [2.05, 4.69) is 11.1 Å². The van der Waals surface area contributed by atoms with Crippen LogP contribution >= 0.6 is 11.6 Å². The van der Waals surface area contributed by atoms with Gasteiger partial charge in [0.15, 0.2) is 5.37 Å². The van der Waals surface area contributed by atoms with Gasteiger partial charge < -0.3 is 11.1 Å². The second-order valence-corrected chi connectivity index (χ2v) is 5.89. The highest BCUT2D eigenvalue weighted by Crippen LogP contribution is 2.25. The van der Waals surface area contributed by atoms with Gasteiger partial charge in [-0.2, -0.15) is 8.42 Å². The molecule has 0 spiro atoms. The first-order valence-electron chi connectivity index (χ1n) is 6.08. The molecule has 21 heavy (non-hydrogen) atoms. The van der Waals surface area contributed by atoms with Crippen molar-refractivity contribution in [2.75, 3.05) is 12.4 Å². The van der Waals surface area contributed by atoms with E-state index in [9.17, 15) is 13.0 Å². The van der Waals surface area contributed by atoms with Gasteiger partial charge in [-0.15, -0.1) is 0 Å². The summed E-state index contributed by atoms with van der Waals surface area (Å²) in [7, 11) is -2.78. The number of nitrogens with two attached hydrogens (primary N) is 1. The Bertz CT molecular complexity index is 646. The number of rotatable bonds is 4. The molecule has 4 N–H and O–H groups in total. The maximum atomic E-state index is 11.5. The molecule has 2 aromatic carbocycles. The number of para-hydroxylation sites is 1. The smallest absolute Gasteiger partial charge is 0.290 e. The fourth-order valence-corrected chi connectivity index (χ4v) is 2.57. The lowest BCUT2D eigenvalue weighted by atomic mass is 10.2. The van der Waals surface area contributed by atoms with Gasteiger partial charge in [-0.05, 0) is 36.9 Å². The quantitative estimate of drug-likeness (QED) is 0.750. The topological polar surface area (TPSA) is 92.4 Å². The average Bonchev–Trinajstić information content (AvgIpc) is 2.48. The number of halogens is 1. The Balaban J connectivity index is 0.00000106. The number of anilines is 1. The summed E-state index contributed by atoms with van der Waals surface area (Å²) < 4.78 is 32.3. The molecule has 2 aromatic rings. The Labute approximate surface area is 129 Å². The lowest BCUT2D eigenvalue weighted by Gasteiger charge is -2.17. The van der Waals surface area contributed by atoms with Gasteiger partial charge in [0, 0.05) is 10.7 Å². The van der Waals surface area contributed by atoms with Crippen molar-refractivity contribution in [3.05, 3.63) is 65.2 Å².